The Kier molecular flexibility index (Phi) is 6.42. The van der Waals surface area contributed by atoms with E-state index >= 15 is 0 Å². The highest BCUT2D eigenvalue weighted by Crippen LogP contribution is 2.26. The van der Waals surface area contributed by atoms with Crippen molar-refractivity contribution in [1.29, 1.82) is 0 Å². The second-order valence-corrected chi connectivity index (χ2v) is 7.83. The number of morpholine rings is 1. The summed E-state index contributed by atoms with van der Waals surface area (Å²) in [5.41, 5.74) is 3.49. The minimum atomic E-state index is -0.248. The minimum Gasteiger partial charge on any atom is -0.460 e. The molecule has 0 bridgehead atoms. The number of anilines is 3. The highest BCUT2D eigenvalue weighted by atomic mass is 16.5. The van der Waals surface area contributed by atoms with Crippen LogP contribution in [0.4, 0.5) is 17.2 Å². The third-order valence-electron chi connectivity index (χ3n) is 5.02. The normalized spacial score (nSPS) is 16.8. The molecule has 0 unspecified atom stereocenters. The standard InChI is InChI=1S/C24H25N5O3/c1-16-5-3-6-18(11-16)28-24-20-12-19(8-9-21(20)25-15-26-24)27-22(30)7-4-10-29-13-17(2)32-23(31)14-29/h3-9,11-12,15,17H,10,13-14H2,1-2H3,(H,27,30)(H,25,26,28)/b7-4+/t17-/m1/s1. The fourth-order valence-electron chi connectivity index (χ4n) is 3.64. The number of nitrogens with zero attached hydrogens (tertiary/aromatic N) is 3. The number of amides is 1. The number of carbonyl (C=O) groups is 2. The van der Waals surface area contributed by atoms with Crippen molar-refractivity contribution in [2.45, 2.75) is 20.0 Å². The molecule has 0 aliphatic carbocycles. The first-order valence-electron chi connectivity index (χ1n) is 10.4. The molecule has 8 heteroatoms. The Morgan fingerprint density at radius 2 is 2.09 bits per heavy atom. The van der Waals surface area contributed by atoms with Gasteiger partial charge in [0.2, 0.25) is 5.91 Å². The molecule has 1 saturated heterocycles. The van der Waals surface area contributed by atoms with Crippen LogP contribution in [0, 0.1) is 6.92 Å². The van der Waals surface area contributed by atoms with Gasteiger partial charge < -0.3 is 15.4 Å². The third-order valence-corrected chi connectivity index (χ3v) is 5.02. The first kappa shape index (κ1) is 21.5. The van der Waals surface area contributed by atoms with Crippen molar-refractivity contribution in [2.24, 2.45) is 0 Å². The zero-order valence-corrected chi connectivity index (χ0v) is 18.0. The van der Waals surface area contributed by atoms with Gasteiger partial charge in [-0.05, 0) is 49.7 Å². The molecule has 1 fully saturated rings. The summed E-state index contributed by atoms with van der Waals surface area (Å²) in [6.45, 7) is 5.27. The molecular weight excluding hydrogens is 406 g/mol. The Hall–Kier alpha value is -3.78. The van der Waals surface area contributed by atoms with E-state index in [0.717, 1.165) is 22.2 Å². The number of cyclic esters (lactones) is 1. The zero-order chi connectivity index (χ0) is 22.5. The van der Waals surface area contributed by atoms with E-state index in [4.69, 9.17) is 4.74 Å². The lowest BCUT2D eigenvalue weighted by Gasteiger charge is -2.29. The molecule has 0 radical (unpaired) electrons. The SMILES string of the molecule is Cc1cccc(Nc2ncnc3ccc(NC(=O)/C=C/CN4CC(=O)O[C@H](C)C4)cc23)c1. The molecular formula is C24H25N5O3. The van der Waals surface area contributed by atoms with Crippen molar-refractivity contribution >= 4 is 40.0 Å². The van der Waals surface area contributed by atoms with Crippen LogP contribution in [0.1, 0.15) is 12.5 Å². The maximum absolute atomic E-state index is 12.4. The Bertz CT molecular complexity index is 1180. The van der Waals surface area contributed by atoms with E-state index in [9.17, 15) is 9.59 Å². The lowest BCUT2D eigenvalue weighted by atomic mass is 10.2. The van der Waals surface area contributed by atoms with Gasteiger partial charge in [-0.3, -0.25) is 14.5 Å². The number of esters is 1. The first-order valence-corrected chi connectivity index (χ1v) is 10.4. The maximum Gasteiger partial charge on any atom is 0.320 e. The highest BCUT2D eigenvalue weighted by Gasteiger charge is 2.22. The Balaban J connectivity index is 1.44. The van der Waals surface area contributed by atoms with E-state index in [-0.39, 0.29) is 24.5 Å². The number of carbonyl (C=O) groups excluding carboxylic acids is 2. The molecule has 4 rings (SSSR count). The van der Waals surface area contributed by atoms with Crippen LogP contribution in [0.5, 0.6) is 0 Å². The van der Waals surface area contributed by atoms with Crippen molar-refractivity contribution < 1.29 is 14.3 Å². The third kappa shape index (κ3) is 5.47. The second kappa shape index (κ2) is 9.57. The summed E-state index contributed by atoms with van der Waals surface area (Å²) in [4.78, 5) is 34.5. The van der Waals surface area contributed by atoms with Gasteiger partial charge in [-0.15, -0.1) is 0 Å². The number of benzene rings is 2. The molecule has 2 N–H and O–H groups in total. The number of aromatic nitrogens is 2. The summed E-state index contributed by atoms with van der Waals surface area (Å²) in [6.07, 6.45) is 4.59. The molecule has 0 saturated carbocycles. The molecule has 1 atom stereocenters. The molecule has 1 aromatic heterocycles. The number of ether oxygens (including phenoxy) is 1. The monoisotopic (exact) mass is 431 g/mol. The van der Waals surface area contributed by atoms with Crippen molar-refractivity contribution in [2.75, 3.05) is 30.3 Å². The second-order valence-electron chi connectivity index (χ2n) is 7.83. The number of hydrogen-bond donors (Lipinski definition) is 2. The van der Waals surface area contributed by atoms with Gasteiger partial charge in [0.15, 0.2) is 0 Å². The van der Waals surface area contributed by atoms with E-state index in [1.54, 1.807) is 12.1 Å². The van der Waals surface area contributed by atoms with Crippen LogP contribution < -0.4 is 10.6 Å². The van der Waals surface area contributed by atoms with Gasteiger partial charge in [0.05, 0.1) is 12.1 Å². The topological polar surface area (TPSA) is 96.5 Å². The fraction of sp³-hybridized carbons (Fsp3) is 0.250. The molecule has 1 aliphatic rings. The van der Waals surface area contributed by atoms with Gasteiger partial charge in [-0.1, -0.05) is 18.2 Å². The van der Waals surface area contributed by atoms with E-state index in [1.165, 1.54) is 12.4 Å². The maximum atomic E-state index is 12.4. The molecule has 2 heterocycles. The Morgan fingerprint density at radius 3 is 2.91 bits per heavy atom. The number of rotatable bonds is 6. The smallest absolute Gasteiger partial charge is 0.320 e. The van der Waals surface area contributed by atoms with Gasteiger partial charge in [-0.25, -0.2) is 9.97 Å². The van der Waals surface area contributed by atoms with Gasteiger partial charge in [0.1, 0.15) is 18.2 Å². The Labute approximate surface area is 186 Å². The number of hydrogen-bond acceptors (Lipinski definition) is 7. The van der Waals surface area contributed by atoms with Crippen LogP contribution in [0.25, 0.3) is 10.9 Å². The molecule has 1 aliphatic heterocycles. The predicted octanol–water partition coefficient (Wildman–Crippen LogP) is 3.42. The molecule has 2 aromatic carbocycles. The van der Waals surface area contributed by atoms with Crippen LogP contribution in [0.2, 0.25) is 0 Å². The summed E-state index contributed by atoms with van der Waals surface area (Å²) in [5.74, 6) is 0.176. The van der Waals surface area contributed by atoms with Crippen LogP contribution in [-0.2, 0) is 14.3 Å². The van der Waals surface area contributed by atoms with E-state index in [1.807, 2.05) is 55.1 Å². The Morgan fingerprint density at radius 1 is 1.22 bits per heavy atom. The van der Waals surface area contributed by atoms with Crippen molar-refractivity contribution in [3.05, 3.63) is 66.5 Å². The van der Waals surface area contributed by atoms with E-state index in [2.05, 4.69) is 20.6 Å². The lowest BCUT2D eigenvalue weighted by molar-refractivity contribution is -0.156. The first-order chi connectivity index (χ1) is 15.5. The minimum absolute atomic E-state index is 0.138. The van der Waals surface area contributed by atoms with Crippen LogP contribution in [-0.4, -0.2) is 52.5 Å². The van der Waals surface area contributed by atoms with Crippen LogP contribution in [0.3, 0.4) is 0 Å². The average Bonchev–Trinajstić information content (AvgIpc) is 2.73. The highest BCUT2D eigenvalue weighted by molar-refractivity contribution is 6.01. The van der Waals surface area contributed by atoms with Crippen molar-refractivity contribution in [1.82, 2.24) is 14.9 Å². The van der Waals surface area contributed by atoms with E-state index < -0.39 is 0 Å². The lowest BCUT2D eigenvalue weighted by Crippen LogP contribution is -2.44. The number of aryl methyl sites for hydroxylation is 1. The summed E-state index contributed by atoms with van der Waals surface area (Å²) < 4.78 is 5.11. The summed E-state index contributed by atoms with van der Waals surface area (Å²) in [6, 6.07) is 13.5. The number of fused-ring (bicyclic) bond motifs is 1. The van der Waals surface area contributed by atoms with Gasteiger partial charge in [0, 0.05) is 35.9 Å². The summed E-state index contributed by atoms with van der Waals surface area (Å²) >= 11 is 0. The largest absolute Gasteiger partial charge is 0.460 e. The van der Waals surface area contributed by atoms with Gasteiger partial charge in [0.25, 0.3) is 0 Å². The van der Waals surface area contributed by atoms with Gasteiger partial charge >= 0.3 is 5.97 Å². The summed E-state index contributed by atoms with van der Waals surface area (Å²) in [7, 11) is 0. The fourth-order valence-corrected chi connectivity index (χ4v) is 3.64. The molecule has 8 nitrogen and oxygen atoms in total. The summed E-state index contributed by atoms with van der Waals surface area (Å²) in [5, 5.41) is 7.00. The molecule has 0 spiro atoms. The predicted molar refractivity (Wildman–Crippen MR) is 124 cm³/mol. The van der Waals surface area contributed by atoms with Crippen molar-refractivity contribution in [3.8, 4) is 0 Å². The van der Waals surface area contributed by atoms with Crippen molar-refractivity contribution in [3.63, 3.8) is 0 Å². The quantitative estimate of drug-likeness (QED) is 0.456. The molecule has 1 amide bonds. The zero-order valence-electron chi connectivity index (χ0n) is 18.0. The van der Waals surface area contributed by atoms with Crippen LogP contribution >= 0.6 is 0 Å². The average molecular weight is 431 g/mol. The number of nitrogens with one attached hydrogen (secondary N) is 2. The van der Waals surface area contributed by atoms with Crippen LogP contribution in [0.15, 0.2) is 60.9 Å². The van der Waals surface area contributed by atoms with E-state index in [0.29, 0.717) is 24.6 Å². The molecule has 164 valence electrons. The molecule has 32 heavy (non-hydrogen) atoms. The molecule has 3 aromatic rings. The van der Waals surface area contributed by atoms with Gasteiger partial charge in [-0.2, -0.15) is 0 Å².